The van der Waals surface area contributed by atoms with Gasteiger partial charge < -0.3 is 10.3 Å². The highest BCUT2D eigenvalue weighted by Crippen LogP contribution is 2.43. The fourth-order valence-corrected chi connectivity index (χ4v) is 10.2. The lowest BCUT2D eigenvalue weighted by atomic mass is 9.88. The first-order chi connectivity index (χ1) is 33.6. The Morgan fingerprint density at radius 1 is 0.412 bits per heavy atom. The molecule has 12 rings (SSSR count). The molecule has 0 amide bonds. The molecule has 1 aromatic heterocycles. The first kappa shape index (κ1) is 40.7. The Kier molecular flexibility index (Phi) is 10.3. The van der Waals surface area contributed by atoms with Crippen molar-refractivity contribution in [1.82, 2.24) is 4.57 Å². The van der Waals surface area contributed by atoms with Crippen LogP contribution in [0.25, 0.3) is 98.9 Å². The molecule has 1 heterocycles. The summed E-state index contributed by atoms with van der Waals surface area (Å²) in [7, 11) is 0. The highest BCUT2D eigenvalue weighted by atomic mass is 15.0. The molecule has 0 spiro atoms. The number of nitrogens with two attached hydrogens (primary N) is 1. The largest absolute Gasteiger partial charge is 0.398 e. The average Bonchev–Trinajstić information content (AvgIpc) is 3.75. The number of aromatic nitrogens is 1. The van der Waals surface area contributed by atoms with E-state index in [-0.39, 0.29) is 6.04 Å². The lowest BCUT2D eigenvalue weighted by Crippen LogP contribution is -2.06. The Hall–Kier alpha value is -8.79. The molecule has 1 unspecified atom stereocenters. The Morgan fingerprint density at radius 2 is 0.941 bits per heavy atom. The van der Waals surface area contributed by atoms with Crippen LogP contribution >= 0.6 is 0 Å². The normalized spacial score (nSPS) is 12.7. The number of para-hydroxylation sites is 1. The van der Waals surface area contributed by atoms with E-state index in [1.807, 2.05) is 30.3 Å². The van der Waals surface area contributed by atoms with Crippen LogP contribution in [-0.4, -0.2) is 10.3 Å². The molecular weight excluding hydrogens is 823 g/mol. The van der Waals surface area contributed by atoms with Gasteiger partial charge in [0.2, 0.25) is 0 Å². The minimum atomic E-state index is -0.0425. The zero-order valence-corrected chi connectivity index (χ0v) is 37.7. The monoisotopic (exact) mass is 869 g/mol. The predicted octanol–water partition coefficient (Wildman–Crippen LogP) is 16.8. The summed E-state index contributed by atoms with van der Waals surface area (Å²) in [5.74, 6) is 0. The third-order valence-corrected chi connectivity index (χ3v) is 13.6. The van der Waals surface area contributed by atoms with E-state index < -0.39 is 0 Å². The van der Waals surface area contributed by atoms with Gasteiger partial charge in [-0.25, -0.2) is 0 Å². The van der Waals surface area contributed by atoms with Gasteiger partial charge in [-0.15, -0.1) is 0 Å². The van der Waals surface area contributed by atoms with E-state index in [2.05, 4.69) is 230 Å². The van der Waals surface area contributed by atoms with E-state index in [0.717, 1.165) is 33.7 Å². The van der Waals surface area contributed by atoms with Crippen LogP contribution in [-0.2, 0) is 0 Å². The molecule has 0 radical (unpaired) electrons. The summed E-state index contributed by atoms with van der Waals surface area (Å²) >= 11 is 0. The first-order valence-corrected chi connectivity index (χ1v) is 23.4. The molecule has 0 saturated carbocycles. The van der Waals surface area contributed by atoms with E-state index in [0.29, 0.717) is 5.70 Å². The third kappa shape index (κ3) is 7.31. The number of rotatable bonds is 9. The van der Waals surface area contributed by atoms with Crippen molar-refractivity contribution in [3.63, 3.8) is 0 Å². The maximum Gasteiger partial charge on any atom is 0.0728 e. The molecule has 0 fully saturated rings. The fraction of sp³-hybridized carbons (Fsp3) is 0.0308. The molecule has 2 N–H and O–H groups in total. The Bertz CT molecular complexity index is 3900. The smallest absolute Gasteiger partial charge is 0.0728 e. The van der Waals surface area contributed by atoms with Crippen LogP contribution in [0.2, 0.25) is 0 Å². The van der Waals surface area contributed by atoms with Crippen LogP contribution in [0.5, 0.6) is 0 Å². The summed E-state index contributed by atoms with van der Waals surface area (Å²) < 4.78 is 2.41. The lowest BCUT2D eigenvalue weighted by molar-refractivity contribution is 0.821. The van der Waals surface area contributed by atoms with Gasteiger partial charge in [-0.05, 0) is 132 Å². The summed E-state index contributed by atoms with van der Waals surface area (Å²) in [6.07, 6.45) is 2.03. The van der Waals surface area contributed by atoms with Crippen molar-refractivity contribution < 1.29 is 0 Å². The number of benzene rings is 11. The molecule has 1 atom stereocenters. The molecule has 0 bridgehead atoms. The van der Waals surface area contributed by atoms with Gasteiger partial charge in [0.15, 0.2) is 0 Å². The van der Waals surface area contributed by atoms with Crippen LogP contribution in [0.4, 0.5) is 0 Å². The van der Waals surface area contributed by atoms with Crippen LogP contribution in [0, 0.1) is 0 Å². The summed E-state index contributed by atoms with van der Waals surface area (Å²) in [5.41, 5.74) is 22.2. The van der Waals surface area contributed by atoms with Crippen molar-refractivity contribution in [3.05, 3.63) is 265 Å². The van der Waals surface area contributed by atoms with Gasteiger partial charge in [-0.1, -0.05) is 206 Å². The number of allylic oxidation sites excluding steroid dienone is 1. The van der Waals surface area contributed by atoms with Crippen molar-refractivity contribution in [1.29, 1.82) is 0 Å². The maximum absolute atomic E-state index is 7.05. The summed E-state index contributed by atoms with van der Waals surface area (Å²) in [5, 5.41) is 9.84. The number of hydrogen-bond donors (Lipinski definition) is 1. The van der Waals surface area contributed by atoms with Crippen molar-refractivity contribution >= 4 is 65.5 Å². The van der Waals surface area contributed by atoms with Crippen molar-refractivity contribution in [2.75, 3.05) is 0 Å². The Morgan fingerprint density at radius 3 is 1.71 bits per heavy atom. The highest BCUT2D eigenvalue weighted by molar-refractivity contribution is 6.29. The van der Waals surface area contributed by atoms with Gasteiger partial charge in [0.25, 0.3) is 0 Å². The van der Waals surface area contributed by atoms with E-state index in [9.17, 15) is 0 Å². The molecule has 0 saturated heterocycles. The lowest BCUT2D eigenvalue weighted by Gasteiger charge is -2.16. The minimum absolute atomic E-state index is 0.0425. The van der Waals surface area contributed by atoms with Crippen LogP contribution in [0.3, 0.4) is 0 Å². The van der Waals surface area contributed by atoms with E-state index in [4.69, 9.17) is 10.7 Å². The van der Waals surface area contributed by atoms with Gasteiger partial charge in [0, 0.05) is 22.2 Å². The second-order valence-electron chi connectivity index (χ2n) is 17.7. The SMILES string of the molecule is CC(N=C(/C=C(\N)c1cccc(-c2cccc3c4ccccc4c4cc(-c5ccc6c7ccccc7n(-c7ccc(-c8ccccc8)cc7)c6c5)ccc4c23)c1)c1ccccc1)c1ccccc1. The molecule has 0 aliphatic heterocycles. The van der Waals surface area contributed by atoms with E-state index in [1.54, 1.807) is 0 Å². The topological polar surface area (TPSA) is 43.3 Å². The zero-order valence-electron chi connectivity index (χ0n) is 37.7. The summed E-state index contributed by atoms with van der Waals surface area (Å²) in [6.45, 7) is 2.13. The maximum atomic E-state index is 7.05. The summed E-state index contributed by atoms with van der Waals surface area (Å²) in [4.78, 5) is 5.21. The van der Waals surface area contributed by atoms with Crippen LogP contribution in [0.1, 0.15) is 29.7 Å². The summed E-state index contributed by atoms with van der Waals surface area (Å²) in [6, 6.07) is 87.1. The number of aliphatic imine (C=N–C) groups is 1. The molecule has 3 nitrogen and oxygen atoms in total. The standard InChI is InChI=1S/C65H47N3/c1-43(44-17-5-2-6-18-44)67-62(47-21-9-4-10-22-47)42-61(66)51-24-15-23-50(39-51)53-28-16-29-58-54-25-11-12-26-55(54)60-40-48(34-38-59(60)65(53)58)49-33-37-57-56-27-13-14-30-63(56)68(64(57)41-49)52-35-31-46(32-36-52)45-19-7-3-8-20-45/h2-43H,66H2,1H3/b61-42-,67-62?. The van der Waals surface area contributed by atoms with Gasteiger partial charge in [0.05, 0.1) is 22.8 Å². The minimum Gasteiger partial charge on any atom is -0.398 e. The second kappa shape index (κ2) is 17.2. The second-order valence-corrected chi connectivity index (χ2v) is 17.7. The number of hydrogen-bond acceptors (Lipinski definition) is 2. The highest BCUT2D eigenvalue weighted by Gasteiger charge is 2.17. The predicted molar refractivity (Wildman–Crippen MR) is 290 cm³/mol. The van der Waals surface area contributed by atoms with Crippen LogP contribution in [0.15, 0.2) is 254 Å². The average molecular weight is 870 g/mol. The molecule has 0 aliphatic rings. The Labute approximate surface area is 396 Å². The van der Waals surface area contributed by atoms with Gasteiger partial charge in [-0.3, -0.25) is 4.99 Å². The number of fused-ring (bicyclic) bond motifs is 9. The van der Waals surface area contributed by atoms with Crippen molar-refractivity contribution in [2.45, 2.75) is 13.0 Å². The number of nitrogens with zero attached hydrogens (tertiary/aromatic N) is 2. The molecular formula is C65H47N3. The first-order valence-electron chi connectivity index (χ1n) is 23.4. The molecule has 322 valence electrons. The molecule has 3 heteroatoms. The quantitative estimate of drug-likeness (QED) is 0.114. The Balaban J connectivity index is 0.974. The van der Waals surface area contributed by atoms with Crippen molar-refractivity contribution in [3.8, 4) is 39.1 Å². The van der Waals surface area contributed by atoms with Gasteiger partial charge in [0.1, 0.15) is 0 Å². The third-order valence-electron chi connectivity index (χ3n) is 13.6. The van der Waals surface area contributed by atoms with Crippen molar-refractivity contribution in [2.24, 2.45) is 10.7 Å². The zero-order chi connectivity index (χ0) is 45.6. The van der Waals surface area contributed by atoms with Crippen LogP contribution < -0.4 is 5.73 Å². The molecule has 0 aliphatic carbocycles. The van der Waals surface area contributed by atoms with Gasteiger partial charge >= 0.3 is 0 Å². The van der Waals surface area contributed by atoms with Gasteiger partial charge in [-0.2, -0.15) is 0 Å². The molecule has 68 heavy (non-hydrogen) atoms. The van der Waals surface area contributed by atoms with E-state index in [1.165, 1.54) is 81.9 Å². The molecule has 11 aromatic carbocycles. The fourth-order valence-electron chi connectivity index (χ4n) is 10.2. The molecule has 12 aromatic rings. The van der Waals surface area contributed by atoms with E-state index >= 15 is 0 Å².